The molecule has 0 spiro atoms. The lowest BCUT2D eigenvalue weighted by Crippen LogP contribution is -2.39. The number of carboxylic acids is 1. The first kappa shape index (κ1) is 13.2. The van der Waals surface area contributed by atoms with Crippen LogP contribution >= 0.6 is 0 Å². The molecule has 1 saturated carbocycles. The third-order valence-electron chi connectivity index (χ3n) is 3.66. The molecule has 0 aromatic carbocycles. The maximum atomic E-state index is 10.7. The molecule has 2 atom stereocenters. The summed E-state index contributed by atoms with van der Waals surface area (Å²) in [5.41, 5.74) is 0.440. The Bertz CT molecular complexity index is 273. The number of aliphatic carboxylic acids is 1. The van der Waals surface area contributed by atoms with E-state index in [-0.39, 0.29) is 0 Å². The van der Waals surface area contributed by atoms with E-state index in [1.54, 1.807) is 6.92 Å². The highest BCUT2D eigenvalue weighted by molar-refractivity contribution is 5.85. The van der Waals surface area contributed by atoms with Gasteiger partial charge in [0.2, 0.25) is 0 Å². The summed E-state index contributed by atoms with van der Waals surface area (Å²) in [6.07, 6.45) is 7.01. The average molecular weight is 225 g/mol. The van der Waals surface area contributed by atoms with E-state index in [0.717, 1.165) is 12.5 Å². The second-order valence-electron chi connectivity index (χ2n) is 4.96. The third kappa shape index (κ3) is 3.63. The molecule has 0 heterocycles. The minimum absolute atomic E-state index is 0.440. The molecule has 3 heteroatoms. The van der Waals surface area contributed by atoms with Crippen LogP contribution in [0.3, 0.4) is 0 Å². The predicted molar refractivity (Wildman–Crippen MR) is 65.4 cm³/mol. The quantitative estimate of drug-likeness (QED) is 0.747. The molecular formula is C13H23NO2. The van der Waals surface area contributed by atoms with Gasteiger partial charge in [-0.05, 0) is 32.7 Å². The monoisotopic (exact) mass is 225 g/mol. The fourth-order valence-corrected chi connectivity index (χ4v) is 2.46. The molecule has 0 amide bonds. The van der Waals surface area contributed by atoms with Crippen LogP contribution < -0.4 is 0 Å². The lowest BCUT2D eigenvalue weighted by atomic mass is 9.85. The highest BCUT2D eigenvalue weighted by Crippen LogP contribution is 2.27. The molecular weight excluding hydrogens is 202 g/mol. The number of nitrogens with zero attached hydrogens (tertiary/aromatic N) is 1. The lowest BCUT2D eigenvalue weighted by molar-refractivity contribution is -0.132. The van der Waals surface area contributed by atoms with Crippen LogP contribution in [-0.2, 0) is 4.79 Å². The minimum Gasteiger partial charge on any atom is -0.478 e. The van der Waals surface area contributed by atoms with Crippen LogP contribution in [0, 0.1) is 5.92 Å². The first-order valence-electron chi connectivity index (χ1n) is 6.12. The smallest absolute Gasteiger partial charge is 0.330 e. The first-order valence-corrected chi connectivity index (χ1v) is 6.12. The largest absolute Gasteiger partial charge is 0.478 e. The Morgan fingerprint density at radius 3 is 2.62 bits per heavy atom. The van der Waals surface area contributed by atoms with Crippen molar-refractivity contribution >= 4 is 5.97 Å². The number of hydrogen-bond donors (Lipinski definition) is 1. The minimum atomic E-state index is -0.815. The SMILES string of the molecule is CC(=CCN(C)C1CCCCC1C)C(=O)O. The summed E-state index contributed by atoms with van der Waals surface area (Å²) < 4.78 is 0. The van der Waals surface area contributed by atoms with Crippen molar-refractivity contribution in [1.82, 2.24) is 4.90 Å². The summed E-state index contributed by atoms with van der Waals surface area (Å²) in [5.74, 6) is -0.0811. The third-order valence-corrected chi connectivity index (χ3v) is 3.66. The van der Waals surface area contributed by atoms with Gasteiger partial charge in [-0.3, -0.25) is 4.90 Å². The lowest BCUT2D eigenvalue weighted by Gasteiger charge is -2.35. The normalized spacial score (nSPS) is 27.1. The number of carbonyl (C=O) groups is 1. The Morgan fingerprint density at radius 1 is 1.44 bits per heavy atom. The molecule has 1 aliphatic carbocycles. The van der Waals surface area contributed by atoms with Crippen LogP contribution in [0.25, 0.3) is 0 Å². The molecule has 0 bridgehead atoms. The van der Waals surface area contributed by atoms with Gasteiger partial charge in [-0.15, -0.1) is 0 Å². The molecule has 0 saturated heterocycles. The second kappa shape index (κ2) is 6.04. The molecule has 0 aromatic rings. The van der Waals surface area contributed by atoms with Crippen molar-refractivity contribution in [3.05, 3.63) is 11.6 Å². The number of rotatable bonds is 4. The molecule has 3 nitrogen and oxygen atoms in total. The van der Waals surface area contributed by atoms with E-state index >= 15 is 0 Å². The van der Waals surface area contributed by atoms with Crippen molar-refractivity contribution in [2.75, 3.05) is 13.6 Å². The molecule has 1 rings (SSSR count). The molecule has 0 aromatic heterocycles. The van der Waals surface area contributed by atoms with Gasteiger partial charge in [0.25, 0.3) is 0 Å². The Hall–Kier alpha value is -0.830. The van der Waals surface area contributed by atoms with Gasteiger partial charge in [-0.1, -0.05) is 25.8 Å². The molecule has 1 fully saturated rings. The summed E-state index contributed by atoms with van der Waals surface area (Å²) in [6, 6.07) is 0.617. The average Bonchev–Trinajstić information content (AvgIpc) is 2.25. The zero-order valence-electron chi connectivity index (χ0n) is 10.6. The first-order chi connectivity index (χ1) is 7.52. The zero-order valence-corrected chi connectivity index (χ0v) is 10.6. The van der Waals surface area contributed by atoms with Crippen LogP contribution in [0.15, 0.2) is 11.6 Å². The summed E-state index contributed by atoms with van der Waals surface area (Å²) in [7, 11) is 2.10. The Labute approximate surface area is 98.1 Å². The summed E-state index contributed by atoms with van der Waals surface area (Å²) in [4.78, 5) is 13.0. The van der Waals surface area contributed by atoms with E-state index in [2.05, 4.69) is 18.9 Å². The van der Waals surface area contributed by atoms with Gasteiger partial charge in [0.1, 0.15) is 0 Å². The summed E-state index contributed by atoms with van der Waals surface area (Å²) in [6.45, 7) is 4.70. The predicted octanol–water partition coefficient (Wildman–Crippen LogP) is 2.53. The topological polar surface area (TPSA) is 40.5 Å². The van der Waals surface area contributed by atoms with Crippen molar-refractivity contribution in [3.63, 3.8) is 0 Å². The van der Waals surface area contributed by atoms with Gasteiger partial charge >= 0.3 is 5.97 Å². The molecule has 1 aliphatic rings. The van der Waals surface area contributed by atoms with Crippen molar-refractivity contribution in [2.45, 2.75) is 45.6 Å². The Kier molecular flexibility index (Phi) is 5.00. The van der Waals surface area contributed by atoms with Crippen LogP contribution in [-0.4, -0.2) is 35.6 Å². The van der Waals surface area contributed by atoms with E-state index in [9.17, 15) is 4.79 Å². The van der Waals surface area contributed by atoms with E-state index in [1.807, 2.05) is 6.08 Å². The van der Waals surface area contributed by atoms with Gasteiger partial charge in [0.05, 0.1) is 0 Å². The van der Waals surface area contributed by atoms with Crippen LogP contribution in [0.2, 0.25) is 0 Å². The van der Waals surface area contributed by atoms with E-state index < -0.39 is 5.97 Å². The van der Waals surface area contributed by atoms with E-state index in [1.165, 1.54) is 25.7 Å². The van der Waals surface area contributed by atoms with Gasteiger partial charge in [-0.2, -0.15) is 0 Å². The van der Waals surface area contributed by atoms with Crippen LogP contribution in [0.1, 0.15) is 39.5 Å². The second-order valence-corrected chi connectivity index (χ2v) is 4.96. The summed E-state index contributed by atoms with van der Waals surface area (Å²) in [5, 5.41) is 8.77. The van der Waals surface area contributed by atoms with Gasteiger partial charge < -0.3 is 5.11 Å². The number of carboxylic acid groups (broad SMARTS) is 1. The molecule has 16 heavy (non-hydrogen) atoms. The maximum absolute atomic E-state index is 10.7. The highest BCUT2D eigenvalue weighted by atomic mass is 16.4. The van der Waals surface area contributed by atoms with Crippen LogP contribution in [0.5, 0.6) is 0 Å². The Morgan fingerprint density at radius 2 is 2.06 bits per heavy atom. The fraction of sp³-hybridized carbons (Fsp3) is 0.769. The van der Waals surface area contributed by atoms with E-state index in [0.29, 0.717) is 11.6 Å². The van der Waals surface area contributed by atoms with Crippen molar-refractivity contribution in [2.24, 2.45) is 5.92 Å². The van der Waals surface area contributed by atoms with Crippen molar-refractivity contribution < 1.29 is 9.90 Å². The standard InChI is InChI=1S/C13H23NO2/c1-10-6-4-5-7-12(10)14(3)9-8-11(2)13(15)16/h8,10,12H,4-7,9H2,1-3H3,(H,15,16). The van der Waals surface area contributed by atoms with Crippen LogP contribution in [0.4, 0.5) is 0 Å². The molecule has 92 valence electrons. The number of hydrogen-bond acceptors (Lipinski definition) is 2. The van der Waals surface area contributed by atoms with E-state index in [4.69, 9.17) is 5.11 Å². The van der Waals surface area contributed by atoms with Gasteiger partial charge in [0.15, 0.2) is 0 Å². The highest BCUT2D eigenvalue weighted by Gasteiger charge is 2.24. The molecule has 1 N–H and O–H groups in total. The van der Waals surface area contributed by atoms with Gasteiger partial charge in [-0.25, -0.2) is 4.79 Å². The molecule has 2 unspecified atom stereocenters. The fourth-order valence-electron chi connectivity index (χ4n) is 2.46. The molecule has 0 aliphatic heterocycles. The summed E-state index contributed by atoms with van der Waals surface area (Å²) >= 11 is 0. The zero-order chi connectivity index (χ0) is 12.1. The Balaban J connectivity index is 2.47. The van der Waals surface area contributed by atoms with Gasteiger partial charge in [0, 0.05) is 18.2 Å². The van der Waals surface area contributed by atoms with Crippen molar-refractivity contribution in [3.8, 4) is 0 Å². The van der Waals surface area contributed by atoms with Crippen molar-refractivity contribution in [1.29, 1.82) is 0 Å². The number of likely N-dealkylation sites (N-methyl/N-ethyl adjacent to an activating group) is 1. The maximum Gasteiger partial charge on any atom is 0.330 e. The molecule has 0 radical (unpaired) electrons.